The van der Waals surface area contributed by atoms with E-state index in [0.717, 1.165) is 25.7 Å². The minimum absolute atomic E-state index is 0.0539. The zero-order valence-corrected chi connectivity index (χ0v) is 15.5. The monoisotopic (exact) mass is 345 g/mol. The molecule has 2 aromatic rings. The zero-order chi connectivity index (χ0) is 18.4. The average Bonchev–Trinajstić information content (AvgIpc) is 2.64. The summed E-state index contributed by atoms with van der Waals surface area (Å²) in [6.45, 7) is 6.77. The molecule has 0 saturated heterocycles. The van der Waals surface area contributed by atoms with Crippen LogP contribution in [-0.4, -0.2) is 29.1 Å². The standard InChI is InChI=1S/C19H27N3O3/c1-5-8-9-20-18(23)16-12-22(13(6-2)7-3)19(24)14-10-17(25-4)21-11-15(14)16/h10-13H,5-9H2,1-4H3,(H,20,23). The van der Waals surface area contributed by atoms with Crippen LogP contribution in [-0.2, 0) is 0 Å². The number of carbonyl (C=O) groups excluding carboxylic acids is 1. The lowest BCUT2D eigenvalue weighted by Gasteiger charge is -2.19. The molecule has 0 aromatic carbocycles. The Bertz CT molecular complexity index is 794. The van der Waals surface area contributed by atoms with Crippen molar-refractivity contribution in [2.75, 3.05) is 13.7 Å². The van der Waals surface area contributed by atoms with Crippen molar-refractivity contribution in [3.05, 3.63) is 34.4 Å². The smallest absolute Gasteiger partial charge is 0.258 e. The first-order valence-corrected chi connectivity index (χ1v) is 8.94. The summed E-state index contributed by atoms with van der Waals surface area (Å²) in [4.78, 5) is 29.8. The molecule has 0 fully saturated rings. The lowest BCUT2D eigenvalue weighted by atomic mass is 10.1. The number of hydrogen-bond acceptors (Lipinski definition) is 4. The van der Waals surface area contributed by atoms with Gasteiger partial charge in [0.05, 0.1) is 18.1 Å². The van der Waals surface area contributed by atoms with Gasteiger partial charge in [-0.2, -0.15) is 0 Å². The van der Waals surface area contributed by atoms with Crippen LogP contribution >= 0.6 is 0 Å². The summed E-state index contributed by atoms with van der Waals surface area (Å²) in [6, 6.07) is 1.66. The van der Waals surface area contributed by atoms with Gasteiger partial charge < -0.3 is 14.6 Å². The lowest BCUT2D eigenvalue weighted by molar-refractivity contribution is 0.0954. The topological polar surface area (TPSA) is 73.2 Å². The molecule has 0 aliphatic heterocycles. The number of methoxy groups -OCH3 is 1. The van der Waals surface area contributed by atoms with E-state index in [-0.39, 0.29) is 17.5 Å². The third-order valence-electron chi connectivity index (χ3n) is 4.51. The molecule has 0 bridgehead atoms. The number of nitrogens with zero attached hydrogens (tertiary/aromatic N) is 2. The molecule has 0 spiro atoms. The second-order valence-corrected chi connectivity index (χ2v) is 6.11. The van der Waals surface area contributed by atoms with Crippen LogP contribution in [0, 0.1) is 0 Å². The van der Waals surface area contributed by atoms with E-state index in [9.17, 15) is 9.59 Å². The first kappa shape index (κ1) is 19.0. The van der Waals surface area contributed by atoms with Crippen LogP contribution in [0.5, 0.6) is 5.88 Å². The van der Waals surface area contributed by atoms with Crippen molar-refractivity contribution in [3.8, 4) is 5.88 Å². The predicted molar refractivity (Wildman–Crippen MR) is 99.4 cm³/mol. The molecule has 136 valence electrons. The third-order valence-corrected chi connectivity index (χ3v) is 4.51. The van der Waals surface area contributed by atoms with Gasteiger partial charge in [-0.05, 0) is 19.3 Å². The van der Waals surface area contributed by atoms with Crippen molar-refractivity contribution >= 4 is 16.7 Å². The Hall–Kier alpha value is -2.37. The van der Waals surface area contributed by atoms with Gasteiger partial charge in [0.15, 0.2) is 0 Å². The number of fused-ring (bicyclic) bond motifs is 1. The van der Waals surface area contributed by atoms with Crippen LogP contribution in [0.2, 0.25) is 0 Å². The number of hydrogen-bond donors (Lipinski definition) is 1. The van der Waals surface area contributed by atoms with E-state index in [4.69, 9.17) is 4.74 Å². The van der Waals surface area contributed by atoms with E-state index in [2.05, 4.69) is 17.2 Å². The summed E-state index contributed by atoms with van der Waals surface area (Å²) >= 11 is 0. The van der Waals surface area contributed by atoms with Gasteiger partial charge in [-0.3, -0.25) is 9.59 Å². The average molecular weight is 345 g/mol. The highest BCUT2D eigenvalue weighted by Gasteiger charge is 2.18. The summed E-state index contributed by atoms with van der Waals surface area (Å²) in [5, 5.41) is 3.95. The summed E-state index contributed by atoms with van der Waals surface area (Å²) < 4.78 is 6.83. The molecule has 0 aliphatic rings. The highest BCUT2D eigenvalue weighted by atomic mass is 16.5. The number of nitrogens with one attached hydrogen (secondary N) is 1. The second kappa shape index (κ2) is 8.65. The van der Waals surface area contributed by atoms with Gasteiger partial charge in [-0.25, -0.2) is 4.98 Å². The fourth-order valence-corrected chi connectivity index (χ4v) is 2.95. The number of unbranched alkanes of at least 4 members (excludes halogenated alkanes) is 1. The molecule has 2 aromatic heterocycles. The summed E-state index contributed by atoms with van der Waals surface area (Å²) in [5.74, 6) is 0.189. The van der Waals surface area contributed by atoms with Gasteiger partial charge in [-0.1, -0.05) is 27.2 Å². The molecule has 1 amide bonds. The maximum Gasteiger partial charge on any atom is 0.258 e. The van der Waals surface area contributed by atoms with Gasteiger partial charge in [-0.15, -0.1) is 0 Å². The summed E-state index contributed by atoms with van der Waals surface area (Å²) in [5.41, 5.74) is 0.363. The molecular weight excluding hydrogens is 318 g/mol. The molecule has 2 rings (SSSR count). The van der Waals surface area contributed by atoms with Gasteiger partial charge in [0.2, 0.25) is 5.88 Å². The highest BCUT2D eigenvalue weighted by molar-refractivity contribution is 6.06. The first-order chi connectivity index (χ1) is 12.1. The largest absolute Gasteiger partial charge is 0.481 e. The van der Waals surface area contributed by atoms with Crippen LogP contribution in [0.4, 0.5) is 0 Å². The Morgan fingerprint density at radius 2 is 2.00 bits per heavy atom. The van der Waals surface area contributed by atoms with E-state index in [1.54, 1.807) is 23.0 Å². The molecule has 25 heavy (non-hydrogen) atoms. The lowest BCUT2D eigenvalue weighted by Crippen LogP contribution is -2.30. The van der Waals surface area contributed by atoms with E-state index in [0.29, 0.717) is 28.8 Å². The predicted octanol–water partition coefficient (Wildman–Crippen LogP) is 3.30. The molecular formula is C19H27N3O3. The van der Waals surface area contributed by atoms with Gasteiger partial charge in [0.25, 0.3) is 11.5 Å². The van der Waals surface area contributed by atoms with Crippen molar-refractivity contribution < 1.29 is 9.53 Å². The molecule has 0 saturated carbocycles. The Labute approximate surface area is 148 Å². The third kappa shape index (κ3) is 4.00. The molecule has 2 heterocycles. The quantitative estimate of drug-likeness (QED) is 0.745. The molecule has 0 radical (unpaired) electrons. The van der Waals surface area contributed by atoms with Crippen molar-refractivity contribution in [1.29, 1.82) is 0 Å². The fraction of sp³-hybridized carbons (Fsp3) is 0.526. The van der Waals surface area contributed by atoms with Crippen molar-refractivity contribution in [1.82, 2.24) is 14.9 Å². The Kier molecular flexibility index (Phi) is 6.56. The highest BCUT2D eigenvalue weighted by Crippen LogP contribution is 2.22. The van der Waals surface area contributed by atoms with E-state index in [1.807, 2.05) is 13.8 Å². The van der Waals surface area contributed by atoms with Crippen LogP contribution < -0.4 is 15.6 Å². The minimum atomic E-state index is -0.176. The number of carbonyl (C=O) groups is 1. The number of ether oxygens (including phenoxy) is 1. The molecule has 6 nitrogen and oxygen atoms in total. The van der Waals surface area contributed by atoms with Crippen LogP contribution in [0.1, 0.15) is 62.9 Å². The SMILES string of the molecule is CCCCNC(=O)c1cn(C(CC)CC)c(=O)c2cc(OC)ncc12. The van der Waals surface area contributed by atoms with Crippen molar-refractivity contribution in [2.45, 2.75) is 52.5 Å². The van der Waals surface area contributed by atoms with E-state index in [1.165, 1.54) is 7.11 Å². The molecule has 0 unspecified atom stereocenters. The summed E-state index contributed by atoms with van der Waals surface area (Å²) in [6.07, 6.45) is 6.79. The minimum Gasteiger partial charge on any atom is -0.481 e. The van der Waals surface area contributed by atoms with Crippen molar-refractivity contribution in [2.24, 2.45) is 0 Å². The number of rotatable bonds is 8. The van der Waals surface area contributed by atoms with Gasteiger partial charge in [0.1, 0.15) is 0 Å². The maximum atomic E-state index is 12.9. The van der Waals surface area contributed by atoms with Gasteiger partial charge in [0, 0.05) is 36.4 Å². The number of aromatic nitrogens is 2. The van der Waals surface area contributed by atoms with Crippen LogP contribution in [0.15, 0.2) is 23.3 Å². The summed E-state index contributed by atoms with van der Waals surface area (Å²) in [7, 11) is 1.51. The van der Waals surface area contributed by atoms with Crippen LogP contribution in [0.3, 0.4) is 0 Å². The van der Waals surface area contributed by atoms with Crippen LogP contribution in [0.25, 0.3) is 10.8 Å². The van der Waals surface area contributed by atoms with Crippen molar-refractivity contribution in [3.63, 3.8) is 0 Å². The Balaban J connectivity index is 2.64. The number of amides is 1. The Morgan fingerprint density at radius 1 is 1.28 bits per heavy atom. The maximum absolute atomic E-state index is 12.9. The second-order valence-electron chi connectivity index (χ2n) is 6.11. The fourth-order valence-electron chi connectivity index (χ4n) is 2.95. The molecule has 0 atom stereocenters. The molecule has 0 aliphatic carbocycles. The zero-order valence-electron chi connectivity index (χ0n) is 15.5. The van der Waals surface area contributed by atoms with E-state index < -0.39 is 0 Å². The molecule has 6 heteroatoms. The Morgan fingerprint density at radius 3 is 2.60 bits per heavy atom. The first-order valence-electron chi connectivity index (χ1n) is 8.94. The van der Waals surface area contributed by atoms with E-state index >= 15 is 0 Å². The normalized spacial score (nSPS) is 11.1. The molecule has 1 N–H and O–H groups in total. The number of pyridine rings is 2. The van der Waals surface area contributed by atoms with Gasteiger partial charge >= 0.3 is 0 Å².